The van der Waals surface area contributed by atoms with E-state index in [2.05, 4.69) is 4.74 Å². The van der Waals surface area contributed by atoms with Gasteiger partial charge in [-0.3, -0.25) is 0 Å². The zero-order valence-electron chi connectivity index (χ0n) is 10.7. The van der Waals surface area contributed by atoms with Crippen LogP contribution in [-0.2, 0) is 5.60 Å². The van der Waals surface area contributed by atoms with Crippen LogP contribution in [0.2, 0.25) is 0 Å². The predicted octanol–water partition coefficient (Wildman–Crippen LogP) is 3.84. The maximum absolute atomic E-state index is 12.2. The summed E-state index contributed by atoms with van der Waals surface area (Å²) in [5.41, 5.74) is -0.485. The Hall–Kier alpha value is -2.01. The highest BCUT2D eigenvalue weighted by atomic mass is 19.4. The molecule has 0 aliphatic rings. The lowest BCUT2D eigenvalue weighted by molar-refractivity contribution is -0.274. The largest absolute Gasteiger partial charge is 0.573 e. The molecule has 1 atom stereocenters. The molecule has 0 saturated heterocycles. The molecule has 0 bridgehead atoms. The van der Waals surface area contributed by atoms with Gasteiger partial charge in [-0.25, -0.2) is 0 Å². The molecule has 0 radical (unpaired) electrons. The van der Waals surface area contributed by atoms with E-state index in [1.807, 2.05) is 0 Å². The van der Waals surface area contributed by atoms with Crippen LogP contribution in [0.15, 0.2) is 54.6 Å². The second-order valence-electron chi connectivity index (χ2n) is 4.51. The summed E-state index contributed by atoms with van der Waals surface area (Å²) in [6.45, 7) is 1.52. The van der Waals surface area contributed by atoms with Crippen LogP contribution < -0.4 is 4.74 Å². The number of hydrogen-bond donors (Lipinski definition) is 1. The Balaban J connectivity index is 2.35. The van der Waals surface area contributed by atoms with Gasteiger partial charge in [-0.1, -0.05) is 42.5 Å². The first-order chi connectivity index (χ1) is 9.29. The molecular weight excluding hydrogens is 269 g/mol. The number of hydrogen-bond acceptors (Lipinski definition) is 2. The fourth-order valence-corrected chi connectivity index (χ4v) is 1.93. The molecule has 2 nitrogen and oxygen atoms in total. The number of aliphatic hydroxyl groups is 1. The summed E-state index contributed by atoms with van der Waals surface area (Å²) >= 11 is 0. The molecule has 0 spiro atoms. The van der Waals surface area contributed by atoms with E-state index in [4.69, 9.17) is 0 Å². The van der Waals surface area contributed by atoms with Crippen LogP contribution in [-0.4, -0.2) is 11.5 Å². The number of ether oxygens (including phenoxy) is 1. The molecule has 0 aliphatic heterocycles. The molecule has 1 unspecified atom stereocenters. The smallest absolute Gasteiger partial charge is 0.406 e. The van der Waals surface area contributed by atoms with Crippen LogP contribution in [0.5, 0.6) is 5.75 Å². The van der Waals surface area contributed by atoms with Crippen molar-refractivity contribution in [3.8, 4) is 5.75 Å². The van der Waals surface area contributed by atoms with Gasteiger partial charge < -0.3 is 9.84 Å². The van der Waals surface area contributed by atoms with Crippen LogP contribution in [0.3, 0.4) is 0 Å². The van der Waals surface area contributed by atoms with E-state index in [-0.39, 0.29) is 5.75 Å². The highest BCUT2D eigenvalue weighted by molar-refractivity contribution is 5.39. The Morgan fingerprint density at radius 2 is 1.50 bits per heavy atom. The monoisotopic (exact) mass is 282 g/mol. The van der Waals surface area contributed by atoms with Gasteiger partial charge in [0.2, 0.25) is 0 Å². The first-order valence-corrected chi connectivity index (χ1v) is 5.93. The number of rotatable bonds is 3. The van der Waals surface area contributed by atoms with Crippen molar-refractivity contribution in [1.82, 2.24) is 0 Å². The molecule has 2 aromatic rings. The molecule has 1 N–H and O–H groups in total. The van der Waals surface area contributed by atoms with E-state index >= 15 is 0 Å². The number of benzene rings is 2. The zero-order chi connectivity index (χ0) is 14.8. The van der Waals surface area contributed by atoms with Gasteiger partial charge >= 0.3 is 6.36 Å². The molecule has 0 aliphatic carbocycles. The van der Waals surface area contributed by atoms with Crippen molar-refractivity contribution >= 4 is 0 Å². The first kappa shape index (κ1) is 14.4. The lowest BCUT2D eigenvalue weighted by Crippen LogP contribution is -2.23. The number of halogens is 3. The summed E-state index contributed by atoms with van der Waals surface area (Å²) in [5.74, 6) is -0.355. The highest BCUT2D eigenvalue weighted by Gasteiger charge is 2.32. The maximum atomic E-state index is 12.2. The average molecular weight is 282 g/mol. The molecule has 20 heavy (non-hydrogen) atoms. The van der Waals surface area contributed by atoms with Crippen molar-refractivity contribution in [2.24, 2.45) is 0 Å². The second kappa shape index (κ2) is 5.17. The molecule has 0 heterocycles. The molecule has 0 saturated carbocycles. The average Bonchev–Trinajstić information content (AvgIpc) is 2.38. The Morgan fingerprint density at radius 1 is 0.900 bits per heavy atom. The zero-order valence-corrected chi connectivity index (χ0v) is 10.7. The van der Waals surface area contributed by atoms with Crippen molar-refractivity contribution in [1.29, 1.82) is 0 Å². The molecule has 2 aromatic carbocycles. The molecule has 0 amide bonds. The van der Waals surface area contributed by atoms with Crippen molar-refractivity contribution in [2.75, 3.05) is 0 Å². The first-order valence-electron chi connectivity index (χ1n) is 5.93. The predicted molar refractivity (Wildman–Crippen MR) is 68.2 cm³/mol. The van der Waals surface area contributed by atoms with Gasteiger partial charge in [-0.15, -0.1) is 13.2 Å². The lowest BCUT2D eigenvalue weighted by Gasteiger charge is -2.25. The van der Waals surface area contributed by atoms with Gasteiger partial charge in [0, 0.05) is 0 Å². The Bertz CT molecular complexity index is 577. The summed E-state index contributed by atoms with van der Waals surface area (Å²) in [6.07, 6.45) is -4.75. The van der Waals surface area contributed by atoms with Crippen LogP contribution in [0.1, 0.15) is 18.1 Å². The van der Waals surface area contributed by atoms with Gasteiger partial charge in [0.25, 0.3) is 0 Å². The SMILES string of the molecule is CC(O)(c1ccccc1)c1cccc(OC(F)(F)F)c1. The summed E-state index contributed by atoms with van der Waals surface area (Å²) in [7, 11) is 0. The molecular formula is C15H13F3O2. The summed E-state index contributed by atoms with van der Waals surface area (Å²) in [4.78, 5) is 0. The Kier molecular flexibility index (Phi) is 3.72. The topological polar surface area (TPSA) is 29.5 Å². The summed E-state index contributed by atoms with van der Waals surface area (Å²) in [5, 5.41) is 10.5. The van der Waals surface area contributed by atoms with E-state index in [1.165, 1.54) is 25.1 Å². The van der Waals surface area contributed by atoms with E-state index < -0.39 is 12.0 Å². The summed E-state index contributed by atoms with van der Waals surface area (Å²) in [6, 6.07) is 14.0. The van der Waals surface area contributed by atoms with Crippen LogP contribution in [0, 0.1) is 0 Å². The minimum absolute atomic E-state index is 0.324. The van der Waals surface area contributed by atoms with Crippen molar-refractivity contribution in [2.45, 2.75) is 18.9 Å². The summed E-state index contributed by atoms with van der Waals surface area (Å²) < 4.78 is 40.5. The van der Waals surface area contributed by atoms with Gasteiger partial charge in [-0.2, -0.15) is 0 Å². The minimum atomic E-state index is -4.75. The highest BCUT2D eigenvalue weighted by Crippen LogP contribution is 2.32. The molecule has 0 aromatic heterocycles. The van der Waals surface area contributed by atoms with E-state index in [0.717, 1.165) is 0 Å². The normalized spacial score (nSPS) is 14.7. The van der Waals surface area contributed by atoms with E-state index in [1.54, 1.807) is 36.4 Å². The third kappa shape index (κ3) is 3.30. The quantitative estimate of drug-likeness (QED) is 0.926. The molecule has 106 valence electrons. The van der Waals surface area contributed by atoms with Crippen molar-refractivity contribution in [3.63, 3.8) is 0 Å². The molecule has 2 rings (SSSR count). The van der Waals surface area contributed by atoms with E-state index in [9.17, 15) is 18.3 Å². The minimum Gasteiger partial charge on any atom is -0.406 e. The fourth-order valence-electron chi connectivity index (χ4n) is 1.93. The molecule has 5 heteroatoms. The Morgan fingerprint density at radius 3 is 2.10 bits per heavy atom. The number of alkyl halides is 3. The van der Waals surface area contributed by atoms with Gasteiger partial charge in [-0.05, 0) is 30.2 Å². The standard InChI is InChI=1S/C15H13F3O2/c1-14(19,11-6-3-2-4-7-11)12-8-5-9-13(10-12)20-15(16,17)18/h2-10,19H,1H3. The van der Waals surface area contributed by atoms with Crippen LogP contribution in [0.25, 0.3) is 0 Å². The van der Waals surface area contributed by atoms with Crippen LogP contribution in [0.4, 0.5) is 13.2 Å². The Labute approximate surface area is 114 Å². The third-order valence-electron chi connectivity index (χ3n) is 2.97. The third-order valence-corrected chi connectivity index (χ3v) is 2.97. The maximum Gasteiger partial charge on any atom is 0.573 e. The van der Waals surface area contributed by atoms with Crippen molar-refractivity contribution in [3.05, 3.63) is 65.7 Å². The van der Waals surface area contributed by atoms with Crippen molar-refractivity contribution < 1.29 is 23.0 Å². The van der Waals surface area contributed by atoms with Crippen LogP contribution >= 0.6 is 0 Å². The fraction of sp³-hybridized carbons (Fsp3) is 0.200. The van der Waals surface area contributed by atoms with Gasteiger partial charge in [0.15, 0.2) is 0 Å². The lowest BCUT2D eigenvalue weighted by atomic mass is 9.88. The van der Waals surface area contributed by atoms with Gasteiger partial charge in [0.05, 0.1) is 0 Å². The van der Waals surface area contributed by atoms with E-state index in [0.29, 0.717) is 11.1 Å². The van der Waals surface area contributed by atoms with Gasteiger partial charge in [0.1, 0.15) is 11.4 Å². The second-order valence-corrected chi connectivity index (χ2v) is 4.51. The molecule has 0 fully saturated rings.